The summed E-state index contributed by atoms with van der Waals surface area (Å²) in [6.45, 7) is 15.4. The molecule has 15 nitrogen and oxygen atoms in total. The molecule has 0 heterocycles. The summed E-state index contributed by atoms with van der Waals surface area (Å²) >= 11 is 0. The number of carbonyl (C=O) groups excluding carboxylic acids is 5. The molecule has 0 radical (unpaired) electrons. The summed E-state index contributed by atoms with van der Waals surface area (Å²) in [7, 11) is 0. The minimum atomic E-state index is -1.41. The van der Waals surface area contributed by atoms with Crippen molar-refractivity contribution in [2.24, 2.45) is 0 Å². The van der Waals surface area contributed by atoms with Gasteiger partial charge in [0.15, 0.2) is 0 Å². The zero-order valence-electron chi connectivity index (χ0n) is 26.4. The molecule has 45 heavy (non-hydrogen) atoms. The van der Waals surface area contributed by atoms with Gasteiger partial charge in [0.1, 0.15) is 50.8 Å². The molecule has 15 heteroatoms. The van der Waals surface area contributed by atoms with E-state index in [-0.39, 0.29) is 35.4 Å². The highest BCUT2D eigenvalue weighted by Crippen LogP contribution is 2.07. The topological polar surface area (TPSA) is 210 Å². The lowest BCUT2D eigenvalue weighted by Crippen LogP contribution is -2.50. The summed E-state index contributed by atoms with van der Waals surface area (Å²) in [5, 5.41) is 41.9. The van der Waals surface area contributed by atoms with Crippen LogP contribution in [0.4, 0.5) is 0 Å². The smallest absolute Gasteiger partial charge is 0.333 e. The van der Waals surface area contributed by atoms with Gasteiger partial charge in [-0.15, -0.1) is 0 Å². The molecule has 0 fully saturated rings. The van der Waals surface area contributed by atoms with Crippen LogP contribution >= 0.6 is 0 Å². The fraction of sp³-hybridized carbons (Fsp3) is 0.567. The first-order valence-corrected chi connectivity index (χ1v) is 13.9. The van der Waals surface area contributed by atoms with E-state index in [2.05, 4.69) is 26.3 Å². The van der Waals surface area contributed by atoms with Gasteiger partial charge in [0.25, 0.3) is 0 Å². The van der Waals surface area contributed by atoms with E-state index < -0.39 is 100 Å². The summed E-state index contributed by atoms with van der Waals surface area (Å²) in [6.07, 6.45) is -5.48. The number of aliphatic hydroxyl groups is 4. The molecule has 1 amide bonds. The Labute approximate surface area is 263 Å². The number of aliphatic hydroxyl groups excluding tert-OH is 4. The summed E-state index contributed by atoms with van der Waals surface area (Å²) in [5.74, 6) is -3.78. The minimum Gasteiger partial charge on any atom is -0.460 e. The zero-order valence-corrected chi connectivity index (χ0v) is 26.4. The molecular weight excluding hydrogens is 596 g/mol. The van der Waals surface area contributed by atoms with Crippen molar-refractivity contribution >= 4 is 29.8 Å². The second-order valence-electron chi connectivity index (χ2n) is 10.6. The normalized spacial score (nSPS) is 13.4. The highest BCUT2D eigenvalue weighted by Gasteiger charge is 2.27. The van der Waals surface area contributed by atoms with Crippen LogP contribution in [0.5, 0.6) is 0 Å². The predicted octanol–water partition coefficient (Wildman–Crippen LogP) is -0.962. The summed E-state index contributed by atoms with van der Waals surface area (Å²) in [6, 6.07) is 0. The van der Waals surface area contributed by atoms with E-state index in [0.717, 1.165) is 4.90 Å². The Kier molecular flexibility index (Phi) is 19.1. The van der Waals surface area contributed by atoms with Gasteiger partial charge in [0, 0.05) is 35.4 Å². The highest BCUT2D eigenvalue weighted by atomic mass is 16.6. The van der Waals surface area contributed by atoms with Gasteiger partial charge in [0.05, 0.1) is 19.6 Å². The van der Waals surface area contributed by atoms with E-state index in [1.54, 1.807) is 0 Å². The van der Waals surface area contributed by atoms with Crippen LogP contribution in [0.1, 0.15) is 27.7 Å². The number of esters is 4. The van der Waals surface area contributed by atoms with E-state index >= 15 is 0 Å². The first-order valence-electron chi connectivity index (χ1n) is 13.9. The molecule has 0 saturated heterocycles. The van der Waals surface area contributed by atoms with Crippen LogP contribution in [0.15, 0.2) is 48.6 Å². The molecule has 0 saturated carbocycles. The minimum absolute atomic E-state index is 0.0838. The van der Waals surface area contributed by atoms with E-state index in [4.69, 9.17) is 18.9 Å². The van der Waals surface area contributed by atoms with Gasteiger partial charge in [-0.05, 0) is 27.7 Å². The van der Waals surface area contributed by atoms with Crippen LogP contribution in [0, 0.1) is 0 Å². The molecule has 0 aromatic rings. The Morgan fingerprint density at radius 3 is 1.00 bits per heavy atom. The van der Waals surface area contributed by atoms with Gasteiger partial charge >= 0.3 is 23.9 Å². The Hall–Kier alpha value is -3.89. The maximum Gasteiger partial charge on any atom is 0.333 e. The third kappa shape index (κ3) is 18.5. The largest absolute Gasteiger partial charge is 0.460 e. The van der Waals surface area contributed by atoms with Crippen molar-refractivity contribution in [3.63, 3.8) is 0 Å². The van der Waals surface area contributed by atoms with Crippen LogP contribution in [0.2, 0.25) is 0 Å². The van der Waals surface area contributed by atoms with E-state index in [1.807, 2.05) is 0 Å². The van der Waals surface area contributed by atoms with Crippen LogP contribution in [0.3, 0.4) is 0 Å². The van der Waals surface area contributed by atoms with Gasteiger partial charge in [-0.2, -0.15) is 0 Å². The molecule has 0 aliphatic carbocycles. The van der Waals surface area contributed by atoms with Crippen molar-refractivity contribution in [1.29, 1.82) is 0 Å². The quantitative estimate of drug-likeness (QED) is 0.0637. The molecule has 254 valence electrons. The van der Waals surface area contributed by atoms with Gasteiger partial charge in [0.2, 0.25) is 5.91 Å². The second kappa shape index (κ2) is 21.0. The molecule has 0 aliphatic rings. The average Bonchev–Trinajstić information content (AvgIpc) is 2.95. The Morgan fingerprint density at radius 1 is 0.511 bits per heavy atom. The lowest BCUT2D eigenvalue weighted by atomic mass is 10.2. The van der Waals surface area contributed by atoms with Crippen LogP contribution < -0.4 is 0 Å². The fourth-order valence-electron chi connectivity index (χ4n) is 3.27. The number of amides is 1. The van der Waals surface area contributed by atoms with E-state index in [9.17, 15) is 44.4 Å². The number of hydrogen-bond acceptors (Lipinski definition) is 14. The van der Waals surface area contributed by atoms with Gasteiger partial charge in [-0.25, -0.2) is 19.2 Å². The van der Waals surface area contributed by atoms with E-state index in [0.29, 0.717) is 0 Å². The Bertz CT molecular complexity index is 1030. The molecule has 0 rings (SSSR count). The maximum atomic E-state index is 13.5. The third-order valence-corrected chi connectivity index (χ3v) is 5.53. The molecule has 0 aliphatic heterocycles. The number of ether oxygens (including phenoxy) is 4. The zero-order chi connectivity index (χ0) is 34.9. The summed E-state index contributed by atoms with van der Waals surface area (Å²) < 4.78 is 19.8. The molecule has 0 spiro atoms. The first-order chi connectivity index (χ1) is 20.8. The summed E-state index contributed by atoms with van der Waals surface area (Å²) in [5.41, 5.74) is 0.361. The lowest BCUT2D eigenvalue weighted by Gasteiger charge is -2.31. The van der Waals surface area contributed by atoms with Gasteiger partial charge in [-0.1, -0.05) is 26.3 Å². The number of rotatable bonds is 22. The van der Waals surface area contributed by atoms with Crippen LogP contribution in [0.25, 0.3) is 0 Å². The molecule has 4 atom stereocenters. The molecule has 0 aromatic heterocycles. The molecule has 4 unspecified atom stereocenters. The van der Waals surface area contributed by atoms with Crippen molar-refractivity contribution < 1.29 is 63.3 Å². The van der Waals surface area contributed by atoms with Gasteiger partial charge in [-0.3, -0.25) is 9.69 Å². The highest BCUT2D eigenvalue weighted by molar-refractivity contribution is 5.88. The molecule has 0 bridgehead atoms. The van der Waals surface area contributed by atoms with E-state index in [1.165, 1.54) is 32.6 Å². The Balaban J connectivity index is 5.85. The van der Waals surface area contributed by atoms with Crippen LogP contribution in [-0.2, 0) is 42.9 Å². The second-order valence-corrected chi connectivity index (χ2v) is 10.6. The average molecular weight is 643 g/mol. The standard InChI is InChI=1S/C30H46N2O13/c1-18(2)27(38)42-14-22(33)9-31(10-23(34)15-43-28(39)19(3)4)13-26(37)32(11-24(35)16-44-29(40)20(5)6)12-25(36)17-45-30(41)21(7)8/h22-25,33-36H,1,3,5,7,9-17H2,2,4,6,8H3. The monoisotopic (exact) mass is 642 g/mol. The first kappa shape index (κ1) is 41.1. The van der Waals surface area contributed by atoms with Crippen molar-refractivity contribution in [2.45, 2.75) is 52.1 Å². The van der Waals surface area contributed by atoms with Crippen molar-refractivity contribution in [3.8, 4) is 0 Å². The third-order valence-electron chi connectivity index (χ3n) is 5.53. The Morgan fingerprint density at radius 2 is 0.756 bits per heavy atom. The van der Waals surface area contributed by atoms with Gasteiger partial charge < -0.3 is 44.3 Å². The predicted molar refractivity (Wildman–Crippen MR) is 160 cm³/mol. The lowest BCUT2D eigenvalue weighted by molar-refractivity contribution is -0.147. The number of carbonyl (C=O) groups is 5. The number of hydrogen-bond donors (Lipinski definition) is 4. The fourth-order valence-corrected chi connectivity index (χ4v) is 3.27. The van der Waals surface area contributed by atoms with Crippen molar-refractivity contribution in [2.75, 3.05) is 59.2 Å². The van der Waals surface area contributed by atoms with Crippen molar-refractivity contribution in [3.05, 3.63) is 48.6 Å². The maximum absolute atomic E-state index is 13.5. The van der Waals surface area contributed by atoms with Crippen molar-refractivity contribution in [1.82, 2.24) is 9.80 Å². The number of nitrogens with zero attached hydrogens (tertiary/aromatic N) is 2. The molecule has 4 N–H and O–H groups in total. The SMILES string of the molecule is C=C(C)C(=O)OCC(O)CN(CC(=O)N(CC(O)COC(=O)C(=C)C)CC(O)COC(=O)C(=C)C)CC(O)COC(=O)C(=C)C. The molecule has 0 aromatic carbocycles. The van der Waals surface area contributed by atoms with Crippen LogP contribution in [-0.4, -0.2) is 144 Å². The molecular formula is C30H46N2O13. The summed E-state index contributed by atoms with van der Waals surface area (Å²) in [4.78, 5) is 62.7.